The predicted molar refractivity (Wildman–Crippen MR) is 42.7 cm³/mol. The van der Waals surface area contributed by atoms with Crippen molar-refractivity contribution in [3.8, 4) is 0 Å². The summed E-state index contributed by atoms with van der Waals surface area (Å²) in [5.41, 5.74) is 0.327. The van der Waals surface area contributed by atoms with Crippen LogP contribution in [0.15, 0.2) is 12.3 Å². The topological polar surface area (TPSA) is 9.23 Å². The van der Waals surface area contributed by atoms with E-state index in [0.29, 0.717) is 11.3 Å². The molecule has 0 bridgehead atoms. The Balaban J connectivity index is 2.64. The van der Waals surface area contributed by atoms with Crippen LogP contribution in [-0.4, -0.2) is 6.61 Å². The van der Waals surface area contributed by atoms with Gasteiger partial charge in [0.15, 0.2) is 0 Å². The average molecular weight is 140 g/mol. The van der Waals surface area contributed by atoms with Gasteiger partial charge in [0.25, 0.3) is 0 Å². The van der Waals surface area contributed by atoms with Gasteiger partial charge in [-0.1, -0.05) is 27.4 Å². The number of allylic oxidation sites excluding steroid dienone is 1. The fraction of sp³-hybridized carbons (Fsp3) is 0.778. The van der Waals surface area contributed by atoms with E-state index in [2.05, 4.69) is 27.4 Å². The van der Waals surface area contributed by atoms with E-state index in [4.69, 9.17) is 4.74 Å². The smallest absolute Gasteiger partial charge is 0.0925 e. The zero-order valence-corrected chi connectivity index (χ0v) is 7.11. The molecule has 0 aliphatic carbocycles. The van der Waals surface area contributed by atoms with Crippen LogP contribution in [0.25, 0.3) is 0 Å². The second-order valence-corrected chi connectivity index (χ2v) is 4.02. The minimum Gasteiger partial charge on any atom is -0.498 e. The molecule has 0 radical (unpaired) electrons. The van der Waals surface area contributed by atoms with Crippen molar-refractivity contribution < 1.29 is 4.74 Å². The van der Waals surface area contributed by atoms with E-state index in [1.807, 2.05) is 0 Å². The molecule has 1 atom stereocenters. The monoisotopic (exact) mass is 140 g/mol. The molecule has 1 rings (SSSR count). The third kappa shape index (κ3) is 1.34. The number of ether oxygens (including phenoxy) is 1. The normalized spacial score (nSPS) is 26.7. The van der Waals surface area contributed by atoms with Crippen molar-refractivity contribution in [3.05, 3.63) is 12.3 Å². The molecule has 0 saturated carbocycles. The second kappa shape index (κ2) is 2.30. The molecule has 0 aromatic rings. The summed E-state index contributed by atoms with van der Waals surface area (Å²) < 4.78 is 5.30. The van der Waals surface area contributed by atoms with E-state index in [9.17, 15) is 0 Å². The first-order valence-electron chi connectivity index (χ1n) is 3.83. The molecule has 0 aromatic heterocycles. The van der Waals surface area contributed by atoms with Gasteiger partial charge in [0.2, 0.25) is 0 Å². The van der Waals surface area contributed by atoms with Gasteiger partial charge in [-0.15, -0.1) is 0 Å². The van der Waals surface area contributed by atoms with Crippen molar-refractivity contribution in [2.24, 2.45) is 11.3 Å². The summed E-state index contributed by atoms with van der Waals surface area (Å²) in [5.74, 6) is 1.54. The van der Waals surface area contributed by atoms with Crippen LogP contribution in [0.5, 0.6) is 0 Å². The Bertz CT molecular complexity index is 141. The highest BCUT2D eigenvalue weighted by Crippen LogP contribution is 2.38. The molecular weight excluding hydrogens is 124 g/mol. The molecule has 1 nitrogen and oxygen atoms in total. The van der Waals surface area contributed by atoms with Gasteiger partial charge in [0.1, 0.15) is 0 Å². The molecule has 1 unspecified atom stereocenters. The molecule has 0 amide bonds. The lowest BCUT2D eigenvalue weighted by Gasteiger charge is -2.25. The summed E-state index contributed by atoms with van der Waals surface area (Å²) in [5, 5.41) is 0. The van der Waals surface area contributed by atoms with Crippen LogP contribution in [0.4, 0.5) is 0 Å². The number of hydrogen-bond donors (Lipinski definition) is 0. The number of rotatable bonds is 0. The lowest BCUT2D eigenvalue weighted by atomic mass is 9.79. The van der Waals surface area contributed by atoms with E-state index in [-0.39, 0.29) is 0 Å². The minimum absolute atomic E-state index is 0.327. The summed E-state index contributed by atoms with van der Waals surface area (Å²) in [6.07, 6.45) is 1.14. The van der Waals surface area contributed by atoms with Crippen molar-refractivity contribution in [1.29, 1.82) is 0 Å². The lowest BCUT2D eigenvalue weighted by molar-refractivity contribution is 0.232. The maximum atomic E-state index is 5.30. The van der Waals surface area contributed by atoms with Crippen molar-refractivity contribution in [2.75, 3.05) is 6.61 Å². The van der Waals surface area contributed by atoms with Gasteiger partial charge in [-0.05, 0) is 11.8 Å². The third-order valence-corrected chi connectivity index (χ3v) is 2.13. The van der Waals surface area contributed by atoms with E-state index < -0.39 is 0 Å². The Morgan fingerprint density at radius 1 is 1.50 bits per heavy atom. The van der Waals surface area contributed by atoms with Crippen molar-refractivity contribution in [2.45, 2.75) is 27.2 Å². The highest BCUT2D eigenvalue weighted by Gasteiger charge is 2.31. The van der Waals surface area contributed by atoms with Crippen molar-refractivity contribution >= 4 is 0 Å². The Morgan fingerprint density at radius 2 is 2.10 bits per heavy atom. The Morgan fingerprint density at radius 3 is 2.30 bits per heavy atom. The maximum absolute atomic E-state index is 5.30. The molecule has 1 heterocycles. The van der Waals surface area contributed by atoms with Gasteiger partial charge >= 0.3 is 0 Å². The van der Waals surface area contributed by atoms with Crippen LogP contribution in [0, 0.1) is 11.3 Å². The van der Waals surface area contributed by atoms with Gasteiger partial charge < -0.3 is 4.74 Å². The predicted octanol–water partition coefficient (Wildman–Crippen LogP) is 2.58. The molecule has 58 valence electrons. The molecule has 1 aliphatic rings. The van der Waals surface area contributed by atoms with E-state index >= 15 is 0 Å². The zero-order chi connectivity index (χ0) is 7.78. The van der Waals surface area contributed by atoms with Crippen LogP contribution >= 0.6 is 0 Å². The molecule has 0 aromatic carbocycles. The SMILES string of the molecule is C=C1OCCC1C(C)(C)C. The summed E-state index contributed by atoms with van der Waals surface area (Å²) >= 11 is 0. The van der Waals surface area contributed by atoms with Gasteiger partial charge in [-0.3, -0.25) is 0 Å². The standard InChI is InChI=1S/C9H16O/c1-7-8(5-6-10-7)9(2,3)4/h8H,1,5-6H2,2-4H3. The summed E-state index contributed by atoms with van der Waals surface area (Å²) in [4.78, 5) is 0. The Kier molecular flexibility index (Phi) is 1.76. The lowest BCUT2D eigenvalue weighted by Crippen LogP contribution is -2.18. The molecule has 1 heteroatoms. The van der Waals surface area contributed by atoms with E-state index in [1.54, 1.807) is 0 Å². The first-order chi connectivity index (χ1) is 4.52. The van der Waals surface area contributed by atoms with E-state index in [1.165, 1.54) is 0 Å². The van der Waals surface area contributed by atoms with Crippen LogP contribution < -0.4 is 0 Å². The molecule has 1 aliphatic heterocycles. The molecule has 1 saturated heterocycles. The fourth-order valence-electron chi connectivity index (χ4n) is 1.49. The highest BCUT2D eigenvalue weighted by atomic mass is 16.5. The van der Waals surface area contributed by atoms with Crippen molar-refractivity contribution in [1.82, 2.24) is 0 Å². The minimum atomic E-state index is 0.327. The molecule has 0 spiro atoms. The summed E-state index contributed by atoms with van der Waals surface area (Å²) in [6.45, 7) is 11.4. The quantitative estimate of drug-likeness (QED) is 0.502. The van der Waals surface area contributed by atoms with Gasteiger partial charge in [-0.25, -0.2) is 0 Å². The first kappa shape index (κ1) is 7.64. The van der Waals surface area contributed by atoms with Crippen LogP contribution in [0.3, 0.4) is 0 Å². The van der Waals surface area contributed by atoms with Gasteiger partial charge in [0, 0.05) is 5.92 Å². The molecule has 0 N–H and O–H groups in total. The Hall–Kier alpha value is -0.460. The van der Waals surface area contributed by atoms with Crippen LogP contribution in [0.2, 0.25) is 0 Å². The Labute approximate surface area is 63.1 Å². The van der Waals surface area contributed by atoms with E-state index in [0.717, 1.165) is 18.8 Å². The largest absolute Gasteiger partial charge is 0.498 e. The molecule has 10 heavy (non-hydrogen) atoms. The fourth-order valence-corrected chi connectivity index (χ4v) is 1.49. The third-order valence-electron chi connectivity index (χ3n) is 2.13. The van der Waals surface area contributed by atoms with Crippen molar-refractivity contribution in [3.63, 3.8) is 0 Å². The second-order valence-electron chi connectivity index (χ2n) is 4.02. The zero-order valence-electron chi connectivity index (χ0n) is 7.11. The van der Waals surface area contributed by atoms with Crippen LogP contribution in [0.1, 0.15) is 27.2 Å². The maximum Gasteiger partial charge on any atom is 0.0925 e. The summed E-state index contributed by atoms with van der Waals surface area (Å²) in [6, 6.07) is 0. The number of hydrogen-bond acceptors (Lipinski definition) is 1. The molecule has 1 fully saturated rings. The molecular formula is C9H16O. The van der Waals surface area contributed by atoms with Gasteiger partial charge in [0.05, 0.1) is 12.4 Å². The first-order valence-corrected chi connectivity index (χ1v) is 3.83. The van der Waals surface area contributed by atoms with Gasteiger partial charge in [-0.2, -0.15) is 0 Å². The summed E-state index contributed by atoms with van der Waals surface area (Å²) in [7, 11) is 0. The average Bonchev–Trinajstić information content (AvgIpc) is 2.11. The van der Waals surface area contributed by atoms with Crippen LogP contribution in [-0.2, 0) is 4.74 Å². The highest BCUT2D eigenvalue weighted by molar-refractivity contribution is 5.00.